The first kappa shape index (κ1) is 16.7. The molecule has 0 saturated carbocycles. The molecule has 1 aromatic heterocycles. The van der Waals surface area contributed by atoms with Crippen LogP contribution in [0.4, 0.5) is 0 Å². The Kier molecular flexibility index (Phi) is 3.43. The van der Waals surface area contributed by atoms with Gasteiger partial charge < -0.3 is 9.31 Å². The van der Waals surface area contributed by atoms with E-state index in [1.165, 1.54) is 16.2 Å². The van der Waals surface area contributed by atoms with E-state index < -0.39 is 7.12 Å². The van der Waals surface area contributed by atoms with E-state index in [4.69, 9.17) is 14.3 Å². The molecule has 1 aliphatic heterocycles. The summed E-state index contributed by atoms with van der Waals surface area (Å²) >= 11 is 0. The van der Waals surface area contributed by atoms with Gasteiger partial charge in [-0.1, -0.05) is 54.6 Å². The molecule has 0 aliphatic carbocycles. The lowest BCUT2D eigenvalue weighted by Crippen LogP contribution is -2.41. The Morgan fingerprint density at radius 1 is 0.778 bits per heavy atom. The number of hydrogen-bond acceptors (Lipinski definition) is 3. The first-order valence-corrected chi connectivity index (χ1v) is 9.42. The molecule has 4 aromatic rings. The SMILES string of the molecule is CC1(C)OB(c2cc3ccccc3c3c2ncc2ccccc23)OC1(C)C. The lowest BCUT2D eigenvalue weighted by Gasteiger charge is -2.32. The molecule has 4 heteroatoms. The minimum Gasteiger partial charge on any atom is -0.399 e. The van der Waals surface area contributed by atoms with Crippen molar-refractivity contribution in [1.82, 2.24) is 4.98 Å². The van der Waals surface area contributed by atoms with Gasteiger partial charge >= 0.3 is 7.12 Å². The zero-order chi connectivity index (χ0) is 18.8. The first-order valence-electron chi connectivity index (χ1n) is 9.42. The van der Waals surface area contributed by atoms with Crippen molar-refractivity contribution in [2.45, 2.75) is 38.9 Å². The van der Waals surface area contributed by atoms with E-state index in [0.29, 0.717) is 0 Å². The van der Waals surface area contributed by atoms with Gasteiger partial charge in [-0.05, 0) is 43.9 Å². The predicted octanol–water partition coefficient (Wildman–Crippen LogP) is 4.84. The predicted molar refractivity (Wildman–Crippen MR) is 112 cm³/mol. The van der Waals surface area contributed by atoms with Gasteiger partial charge in [0.05, 0.1) is 16.7 Å². The number of pyridine rings is 1. The molecule has 1 fully saturated rings. The number of nitrogens with zero attached hydrogens (tertiary/aromatic N) is 1. The van der Waals surface area contributed by atoms with Crippen molar-refractivity contribution in [2.24, 2.45) is 0 Å². The van der Waals surface area contributed by atoms with Gasteiger partial charge in [-0.25, -0.2) is 0 Å². The maximum absolute atomic E-state index is 6.36. The van der Waals surface area contributed by atoms with Gasteiger partial charge in [0.1, 0.15) is 0 Å². The second kappa shape index (κ2) is 5.54. The highest BCUT2D eigenvalue weighted by atomic mass is 16.7. The molecule has 2 heterocycles. The number of hydrogen-bond donors (Lipinski definition) is 0. The van der Waals surface area contributed by atoms with Crippen molar-refractivity contribution in [3.8, 4) is 0 Å². The summed E-state index contributed by atoms with van der Waals surface area (Å²) in [5.74, 6) is 0. The minimum atomic E-state index is -0.434. The molecule has 0 bridgehead atoms. The molecule has 27 heavy (non-hydrogen) atoms. The van der Waals surface area contributed by atoms with Crippen molar-refractivity contribution in [1.29, 1.82) is 0 Å². The number of rotatable bonds is 1. The summed E-state index contributed by atoms with van der Waals surface area (Å²) in [6, 6.07) is 19.0. The van der Waals surface area contributed by atoms with E-state index in [0.717, 1.165) is 21.8 Å². The van der Waals surface area contributed by atoms with Crippen LogP contribution in [0.5, 0.6) is 0 Å². The van der Waals surface area contributed by atoms with Gasteiger partial charge in [-0.2, -0.15) is 0 Å². The van der Waals surface area contributed by atoms with Gasteiger partial charge in [-0.3, -0.25) is 4.98 Å². The molecule has 3 nitrogen and oxygen atoms in total. The van der Waals surface area contributed by atoms with Crippen molar-refractivity contribution < 1.29 is 9.31 Å². The summed E-state index contributed by atoms with van der Waals surface area (Å²) < 4.78 is 12.7. The summed E-state index contributed by atoms with van der Waals surface area (Å²) in [7, 11) is -0.434. The Bertz CT molecular complexity index is 1170. The monoisotopic (exact) mass is 355 g/mol. The van der Waals surface area contributed by atoms with Crippen LogP contribution in [0.25, 0.3) is 32.4 Å². The normalized spacial score (nSPS) is 18.6. The second-order valence-corrected chi connectivity index (χ2v) is 8.34. The molecule has 1 aliphatic rings. The van der Waals surface area contributed by atoms with E-state index in [1.54, 1.807) is 0 Å². The molecule has 0 N–H and O–H groups in total. The second-order valence-electron chi connectivity index (χ2n) is 8.34. The van der Waals surface area contributed by atoms with Gasteiger partial charge in [0.25, 0.3) is 0 Å². The standard InChI is InChI=1S/C23H22BNO2/c1-22(2)23(3,4)27-24(26-22)19-13-15-9-5-7-11-17(15)20-18-12-8-6-10-16(18)14-25-21(19)20/h5-14H,1-4H3. The smallest absolute Gasteiger partial charge is 0.399 e. The lowest BCUT2D eigenvalue weighted by molar-refractivity contribution is 0.00578. The fourth-order valence-electron chi connectivity index (χ4n) is 3.89. The summed E-state index contributed by atoms with van der Waals surface area (Å²) in [6.45, 7) is 8.33. The van der Waals surface area contributed by atoms with Crippen LogP contribution in [0.15, 0.2) is 60.8 Å². The maximum atomic E-state index is 6.36. The van der Waals surface area contributed by atoms with E-state index in [9.17, 15) is 0 Å². The van der Waals surface area contributed by atoms with Crippen molar-refractivity contribution >= 4 is 45.0 Å². The number of fused-ring (bicyclic) bond motifs is 5. The molecule has 3 aromatic carbocycles. The lowest BCUT2D eigenvalue weighted by atomic mass is 9.76. The Labute approximate surface area is 159 Å². The fourth-order valence-corrected chi connectivity index (χ4v) is 3.89. The Morgan fingerprint density at radius 2 is 1.33 bits per heavy atom. The first-order chi connectivity index (χ1) is 12.9. The van der Waals surface area contributed by atoms with Crippen LogP contribution < -0.4 is 5.46 Å². The van der Waals surface area contributed by atoms with Crippen LogP contribution in [0.2, 0.25) is 0 Å². The highest BCUT2D eigenvalue weighted by Crippen LogP contribution is 2.38. The molecule has 0 amide bonds. The quantitative estimate of drug-likeness (QED) is 0.362. The number of aromatic nitrogens is 1. The van der Waals surface area contributed by atoms with Crippen LogP contribution in [-0.2, 0) is 9.31 Å². The Hall–Kier alpha value is -2.43. The third-order valence-corrected chi connectivity index (χ3v) is 6.12. The Morgan fingerprint density at radius 3 is 2.00 bits per heavy atom. The van der Waals surface area contributed by atoms with Crippen molar-refractivity contribution in [3.05, 3.63) is 60.8 Å². The topological polar surface area (TPSA) is 31.4 Å². The highest BCUT2D eigenvalue weighted by molar-refractivity contribution is 6.65. The third-order valence-electron chi connectivity index (χ3n) is 6.12. The molecule has 0 unspecified atom stereocenters. The van der Waals surface area contributed by atoms with Gasteiger partial charge in [0.2, 0.25) is 0 Å². The molecule has 0 spiro atoms. The molecule has 5 rings (SSSR count). The zero-order valence-electron chi connectivity index (χ0n) is 16.1. The van der Waals surface area contributed by atoms with Gasteiger partial charge in [0.15, 0.2) is 0 Å². The molecule has 134 valence electrons. The molecule has 0 radical (unpaired) electrons. The summed E-state index contributed by atoms with van der Waals surface area (Å²) in [5, 5.41) is 5.89. The highest BCUT2D eigenvalue weighted by Gasteiger charge is 2.52. The fraction of sp³-hybridized carbons (Fsp3) is 0.261. The van der Waals surface area contributed by atoms with E-state index in [-0.39, 0.29) is 11.2 Å². The zero-order valence-corrected chi connectivity index (χ0v) is 16.1. The van der Waals surface area contributed by atoms with Gasteiger partial charge in [0, 0.05) is 22.4 Å². The van der Waals surface area contributed by atoms with E-state index in [1.807, 2.05) is 6.20 Å². The van der Waals surface area contributed by atoms with Crippen LogP contribution in [0.1, 0.15) is 27.7 Å². The van der Waals surface area contributed by atoms with Crippen LogP contribution in [0, 0.1) is 0 Å². The molecule has 0 atom stereocenters. The molecular formula is C23H22BNO2. The van der Waals surface area contributed by atoms with Crippen molar-refractivity contribution in [3.63, 3.8) is 0 Å². The van der Waals surface area contributed by atoms with E-state index in [2.05, 4.69) is 82.3 Å². The molecule has 1 saturated heterocycles. The third kappa shape index (κ3) is 2.40. The average Bonchev–Trinajstić information content (AvgIpc) is 2.87. The van der Waals surface area contributed by atoms with Crippen molar-refractivity contribution in [2.75, 3.05) is 0 Å². The summed E-state index contributed by atoms with van der Waals surface area (Å²) in [6.07, 6.45) is 1.95. The van der Waals surface area contributed by atoms with Crippen LogP contribution in [-0.4, -0.2) is 23.3 Å². The number of benzene rings is 3. The largest absolute Gasteiger partial charge is 0.497 e. The van der Waals surface area contributed by atoms with Gasteiger partial charge in [-0.15, -0.1) is 0 Å². The Balaban J connectivity index is 1.87. The summed E-state index contributed by atoms with van der Waals surface area (Å²) in [4.78, 5) is 4.84. The van der Waals surface area contributed by atoms with Crippen LogP contribution in [0.3, 0.4) is 0 Å². The molecular weight excluding hydrogens is 333 g/mol. The van der Waals surface area contributed by atoms with Crippen LogP contribution >= 0.6 is 0 Å². The summed E-state index contributed by atoms with van der Waals surface area (Å²) in [5.41, 5.74) is 1.18. The minimum absolute atomic E-state index is 0.382. The maximum Gasteiger partial charge on any atom is 0.497 e. The van der Waals surface area contributed by atoms with E-state index >= 15 is 0 Å². The average molecular weight is 355 g/mol.